The summed E-state index contributed by atoms with van der Waals surface area (Å²) in [4.78, 5) is 11.7. The Hall–Kier alpha value is -2.31. The summed E-state index contributed by atoms with van der Waals surface area (Å²) in [6, 6.07) is 5.23. The SMILES string of the molecule is CCc1ccc(C2CC(C(F)(F)F)n3ncc(C(C)=O)c3N2)cc1. The number of carbonyl (C=O) groups is 1. The second kappa shape index (κ2) is 5.96. The maximum absolute atomic E-state index is 13.5. The first-order valence-electron chi connectivity index (χ1n) is 7.81. The lowest BCUT2D eigenvalue weighted by Gasteiger charge is -2.34. The van der Waals surface area contributed by atoms with Crippen molar-refractivity contribution in [3.05, 3.63) is 47.2 Å². The van der Waals surface area contributed by atoms with E-state index in [1.165, 1.54) is 13.1 Å². The van der Waals surface area contributed by atoms with Gasteiger partial charge in [0.25, 0.3) is 0 Å². The maximum Gasteiger partial charge on any atom is 0.410 e. The highest BCUT2D eigenvalue weighted by Crippen LogP contribution is 2.44. The highest BCUT2D eigenvalue weighted by molar-refractivity contribution is 5.98. The highest BCUT2D eigenvalue weighted by atomic mass is 19.4. The summed E-state index contributed by atoms with van der Waals surface area (Å²) in [5, 5.41) is 6.86. The molecule has 128 valence electrons. The molecule has 2 heterocycles. The van der Waals surface area contributed by atoms with Crippen LogP contribution >= 0.6 is 0 Å². The third kappa shape index (κ3) is 2.90. The number of fused-ring (bicyclic) bond motifs is 1. The minimum Gasteiger partial charge on any atom is -0.363 e. The average molecular weight is 337 g/mol. The lowest BCUT2D eigenvalue weighted by molar-refractivity contribution is -0.173. The van der Waals surface area contributed by atoms with Gasteiger partial charge in [-0.25, -0.2) is 4.68 Å². The predicted molar refractivity (Wildman–Crippen MR) is 84.1 cm³/mol. The zero-order chi connectivity index (χ0) is 17.5. The summed E-state index contributed by atoms with van der Waals surface area (Å²) in [7, 11) is 0. The minimum absolute atomic E-state index is 0.139. The number of rotatable bonds is 3. The molecule has 2 atom stereocenters. The zero-order valence-corrected chi connectivity index (χ0v) is 13.4. The highest BCUT2D eigenvalue weighted by Gasteiger charge is 2.47. The molecule has 0 spiro atoms. The molecule has 1 aromatic heterocycles. The van der Waals surface area contributed by atoms with E-state index >= 15 is 0 Å². The third-order valence-electron chi connectivity index (χ3n) is 4.41. The van der Waals surface area contributed by atoms with Crippen LogP contribution in [-0.2, 0) is 6.42 Å². The van der Waals surface area contributed by atoms with Gasteiger partial charge in [-0.2, -0.15) is 18.3 Å². The Kier molecular flexibility index (Phi) is 4.11. The minimum atomic E-state index is -4.43. The van der Waals surface area contributed by atoms with Gasteiger partial charge in [-0.05, 0) is 24.5 Å². The first-order valence-corrected chi connectivity index (χ1v) is 7.81. The first kappa shape index (κ1) is 16.5. The van der Waals surface area contributed by atoms with Crippen LogP contribution in [0.25, 0.3) is 0 Å². The van der Waals surface area contributed by atoms with Crippen molar-refractivity contribution in [1.82, 2.24) is 9.78 Å². The number of alkyl halides is 3. The lowest BCUT2D eigenvalue weighted by Crippen LogP contribution is -2.36. The number of aryl methyl sites for hydroxylation is 1. The van der Waals surface area contributed by atoms with Gasteiger partial charge in [0, 0.05) is 6.42 Å². The van der Waals surface area contributed by atoms with Gasteiger partial charge < -0.3 is 5.32 Å². The first-order chi connectivity index (χ1) is 11.3. The monoisotopic (exact) mass is 337 g/mol. The molecular weight excluding hydrogens is 319 g/mol. The van der Waals surface area contributed by atoms with E-state index in [-0.39, 0.29) is 23.6 Å². The number of aromatic nitrogens is 2. The predicted octanol–water partition coefficient (Wildman–Crippen LogP) is 4.31. The maximum atomic E-state index is 13.5. The molecule has 3 rings (SSSR count). The molecule has 0 saturated heterocycles. The Morgan fingerprint density at radius 3 is 2.54 bits per heavy atom. The quantitative estimate of drug-likeness (QED) is 0.849. The van der Waals surface area contributed by atoms with Crippen molar-refractivity contribution in [3.8, 4) is 0 Å². The Morgan fingerprint density at radius 2 is 2.00 bits per heavy atom. The Labute approximate surface area is 137 Å². The van der Waals surface area contributed by atoms with Gasteiger partial charge in [-0.1, -0.05) is 31.2 Å². The zero-order valence-electron chi connectivity index (χ0n) is 13.4. The van der Waals surface area contributed by atoms with Crippen LogP contribution in [0, 0.1) is 0 Å². The molecule has 0 fully saturated rings. The van der Waals surface area contributed by atoms with Crippen LogP contribution in [0.4, 0.5) is 19.0 Å². The molecule has 1 aliphatic rings. The van der Waals surface area contributed by atoms with E-state index in [4.69, 9.17) is 0 Å². The summed E-state index contributed by atoms with van der Waals surface area (Å²) in [5.74, 6) is -0.174. The van der Waals surface area contributed by atoms with E-state index in [1.54, 1.807) is 0 Å². The van der Waals surface area contributed by atoms with E-state index in [0.29, 0.717) is 0 Å². The summed E-state index contributed by atoms with van der Waals surface area (Å²) in [6.07, 6.45) is -2.53. The molecular formula is C17H18F3N3O. The average Bonchev–Trinajstić information content (AvgIpc) is 2.97. The van der Waals surface area contributed by atoms with Crippen molar-refractivity contribution in [1.29, 1.82) is 0 Å². The van der Waals surface area contributed by atoms with Gasteiger partial charge in [-0.3, -0.25) is 4.79 Å². The normalized spacial score (nSPS) is 20.4. The molecule has 0 saturated carbocycles. The molecule has 7 heteroatoms. The van der Waals surface area contributed by atoms with Crippen molar-refractivity contribution in [2.24, 2.45) is 0 Å². The van der Waals surface area contributed by atoms with E-state index in [2.05, 4.69) is 10.4 Å². The number of carbonyl (C=O) groups excluding carboxylic acids is 1. The number of nitrogens with one attached hydrogen (secondary N) is 1. The van der Waals surface area contributed by atoms with Crippen LogP contribution in [0.15, 0.2) is 30.5 Å². The van der Waals surface area contributed by atoms with Gasteiger partial charge in [0.15, 0.2) is 11.8 Å². The van der Waals surface area contributed by atoms with E-state index in [1.807, 2.05) is 31.2 Å². The van der Waals surface area contributed by atoms with Crippen LogP contribution in [0.1, 0.15) is 53.8 Å². The summed E-state index contributed by atoms with van der Waals surface area (Å²) < 4.78 is 41.3. The molecule has 2 aromatic rings. The molecule has 1 N–H and O–H groups in total. The van der Waals surface area contributed by atoms with Gasteiger partial charge in [0.05, 0.1) is 17.8 Å². The van der Waals surface area contributed by atoms with Gasteiger partial charge in [0.2, 0.25) is 0 Å². The molecule has 4 nitrogen and oxygen atoms in total. The van der Waals surface area contributed by atoms with Crippen LogP contribution in [0.5, 0.6) is 0 Å². The largest absolute Gasteiger partial charge is 0.410 e. The van der Waals surface area contributed by atoms with E-state index in [9.17, 15) is 18.0 Å². The molecule has 2 unspecified atom stereocenters. The van der Waals surface area contributed by atoms with Crippen molar-refractivity contribution >= 4 is 11.6 Å². The summed E-state index contributed by atoms with van der Waals surface area (Å²) in [6.45, 7) is 3.34. The Morgan fingerprint density at radius 1 is 1.33 bits per heavy atom. The third-order valence-corrected chi connectivity index (χ3v) is 4.41. The number of hydrogen-bond acceptors (Lipinski definition) is 3. The molecule has 0 amide bonds. The van der Waals surface area contributed by atoms with Crippen molar-refractivity contribution in [2.75, 3.05) is 5.32 Å². The Balaban J connectivity index is 2.02. The number of anilines is 1. The topological polar surface area (TPSA) is 46.9 Å². The number of ketones is 1. The van der Waals surface area contributed by atoms with E-state index < -0.39 is 18.3 Å². The van der Waals surface area contributed by atoms with E-state index in [0.717, 1.165) is 22.2 Å². The molecule has 0 radical (unpaired) electrons. The van der Waals surface area contributed by atoms with Crippen LogP contribution in [0.3, 0.4) is 0 Å². The molecule has 0 bridgehead atoms. The molecule has 0 aliphatic carbocycles. The van der Waals surface area contributed by atoms with Crippen molar-refractivity contribution < 1.29 is 18.0 Å². The van der Waals surface area contributed by atoms with Gasteiger partial charge >= 0.3 is 6.18 Å². The molecule has 1 aliphatic heterocycles. The van der Waals surface area contributed by atoms with Gasteiger partial charge in [-0.15, -0.1) is 0 Å². The Bertz CT molecular complexity index is 749. The van der Waals surface area contributed by atoms with Crippen LogP contribution < -0.4 is 5.32 Å². The van der Waals surface area contributed by atoms with Crippen LogP contribution in [0.2, 0.25) is 0 Å². The fraction of sp³-hybridized carbons (Fsp3) is 0.412. The summed E-state index contributed by atoms with van der Waals surface area (Å²) in [5.41, 5.74) is 2.07. The number of Topliss-reactive ketones (excluding diaryl/α,β-unsaturated/α-hetero) is 1. The number of benzene rings is 1. The smallest absolute Gasteiger partial charge is 0.363 e. The van der Waals surface area contributed by atoms with Crippen molar-refractivity contribution in [3.63, 3.8) is 0 Å². The van der Waals surface area contributed by atoms with Gasteiger partial charge in [0.1, 0.15) is 5.82 Å². The fourth-order valence-corrected chi connectivity index (χ4v) is 3.02. The second-order valence-corrected chi connectivity index (χ2v) is 5.99. The molecule has 1 aromatic carbocycles. The lowest BCUT2D eigenvalue weighted by atomic mass is 9.95. The molecule has 24 heavy (non-hydrogen) atoms. The standard InChI is InChI=1S/C17H18F3N3O/c1-3-11-4-6-12(7-5-11)14-8-15(17(18,19)20)23-16(22-14)13(9-21-23)10(2)24/h4-7,9,14-15,22H,3,8H2,1-2H3. The fourth-order valence-electron chi connectivity index (χ4n) is 3.02. The second-order valence-electron chi connectivity index (χ2n) is 5.99. The van der Waals surface area contributed by atoms with Crippen LogP contribution in [-0.4, -0.2) is 21.7 Å². The number of hydrogen-bond donors (Lipinski definition) is 1. The number of nitrogens with zero attached hydrogens (tertiary/aromatic N) is 2. The van der Waals surface area contributed by atoms with Crippen molar-refractivity contribution in [2.45, 2.75) is 44.9 Å². The number of halogens is 3. The summed E-state index contributed by atoms with van der Waals surface area (Å²) >= 11 is 0.